The summed E-state index contributed by atoms with van der Waals surface area (Å²) in [5, 5.41) is 5.00. The van der Waals surface area contributed by atoms with Gasteiger partial charge >= 0.3 is 0 Å². The summed E-state index contributed by atoms with van der Waals surface area (Å²) in [4.78, 5) is 5.82. The van der Waals surface area contributed by atoms with Crippen LogP contribution in [0, 0.1) is 0 Å². The summed E-state index contributed by atoms with van der Waals surface area (Å²) >= 11 is 3.27. The number of aromatic nitrogens is 1. The molecule has 0 saturated carbocycles. The van der Waals surface area contributed by atoms with Crippen molar-refractivity contribution in [1.29, 1.82) is 0 Å². The van der Waals surface area contributed by atoms with Crippen LogP contribution >= 0.6 is 22.7 Å². The van der Waals surface area contributed by atoms with E-state index in [4.69, 9.17) is 10.5 Å². The number of thiazole rings is 1. The molecule has 20 heavy (non-hydrogen) atoms. The molecule has 3 rings (SSSR count). The molecule has 0 fully saturated rings. The molecule has 0 aliphatic carbocycles. The zero-order chi connectivity index (χ0) is 13.9. The third-order valence-electron chi connectivity index (χ3n) is 3.04. The Kier molecular flexibility index (Phi) is 3.82. The van der Waals surface area contributed by atoms with Crippen molar-refractivity contribution in [2.24, 2.45) is 5.73 Å². The highest BCUT2D eigenvalue weighted by Gasteiger charge is 2.17. The van der Waals surface area contributed by atoms with Crippen LogP contribution in [0.3, 0.4) is 0 Å². The molecule has 0 aliphatic rings. The van der Waals surface area contributed by atoms with E-state index in [0.29, 0.717) is 0 Å². The van der Waals surface area contributed by atoms with Crippen LogP contribution in [0.5, 0.6) is 5.75 Å². The Morgan fingerprint density at radius 3 is 2.75 bits per heavy atom. The molecule has 1 atom stereocenters. The van der Waals surface area contributed by atoms with Crippen molar-refractivity contribution >= 4 is 22.7 Å². The first-order chi connectivity index (χ1) is 9.79. The lowest BCUT2D eigenvalue weighted by Gasteiger charge is -2.13. The third-order valence-corrected chi connectivity index (χ3v) is 4.86. The second kappa shape index (κ2) is 5.75. The Hall–Kier alpha value is -1.69. The molecule has 2 aromatic heterocycles. The molecular formula is C15H14N2OS2. The predicted octanol–water partition coefficient (Wildman–Crippen LogP) is 3.93. The number of thiophene rings is 1. The molecule has 5 heteroatoms. The van der Waals surface area contributed by atoms with E-state index in [1.165, 1.54) is 4.88 Å². The van der Waals surface area contributed by atoms with Gasteiger partial charge in [-0.2, -0.15) is 0 Å². The summed E-state index contributed by atoms with van der Waals surface area (Å²) in [6.45, 7) is 0. The van der Waals surface area contributed by atoms with Gasteiger partial charge in [-0.1, -0.05) is 24.3 Å². The first kappa shape index (κ1) is 13.3. The Balaban J connectivity index is 1.93. The van der Waals surface area contributed by atoms with E-state index < -0.39 is 0 Å². The minimum absolute atomic E-state index is 0.259. The van der Waals surface area contributed by atoms with Crippen molar-refractivity contribution < 1.29 is 4.74 Å². The van der Waals surface area contributed by atoms with Gasteiger partial charge in [0.1, 0.15) is 10.8 Å². The average Bonchev–Trinajstić information content (AvgIpc) is 3.16. The van der Waals surface area contributed by atoms with Crippen LogP contribution in [-0.2, 0) is 0 Å². The largest absolute Gasteiger partial charge is 0.496 e. The molecule has 3 nitrogen and oxygen atoms in total. The second-order valence-corrected chi connectivity index (χ2v) is 6.11. The fraction of sp³-hybridized carbons (Fsp3) is 0.133. The molecule has 1 aromatic carbocycles. The van der Waals surface area contributed by atoms with Crippen molar-refractivity contribution in [3.63, 3.8) is 0 Å². The normalized spacial score (nSPS) is 12.3. The van der Waals surface area contributed by atoms with Crippen molar-refractivity contribution in [3.8, 4) is 16.3 Å². The first-order valence-electron chi connectivity index (χ1n) is 6.17. The minimum atomic E-state index is -0.259. The molecule has 0 bridgehead atoms. The number of benzene rings is 1. The summed E-state index contributed by atoms with van der Waals surface area (Å²) in [5.74, 6) is 0.799. The van der Waals surface area contributed by atoms with Gasteiger partial charge in [0.15, 0.2) is 0 Å². The van der Waals surface area contributed by atoms with Crippen molar-refractivity contribution in [2.45, 2.75) is 6.04 Å². The number of rotatable bonds is 4. The Labute approximate surface area is 125 Å². The van der Waals surface area contributed by atoms with E-state index in [-0.39, 0.29) is 6.04 Å². The van der Waals surface area contributed by atoms with Crippen LogP contribution in [0.4, 0.5) is 0 Å². The average molecular weight is 302 g/mol. The maximum absolute atomic E-state index is 6.33. The standard InChI is InChI=1S/C15H14N2OS2/c1-18-12-6-3-2-5-10(12)14(16)15-17-11(9-20-15)13-7-4-8-19-13/h2-9,14H,16H2,1H3. The molecule has 0 radical (unpaired) electrons. The molecule has 0 saturated heterocycles. The van der Waals surface area contributed by atoms with Crippen LogP contribution in [0.1, 0.15) is 16.6 Å². The third kappa shape index (κ3) is 2.47. The van der Waals surface area contributed by atoms with E-state index in [9.17, 15) is 0 Å². The predicted molar refractivity (Wildman–Crippen MR) is 84.5 cm³/mol. The monoisotopic (exact) mass is 302 g/mol. The highest BCUT2D eigenvalue weighted by atomic mass is 32.1. The van der Waals surface area contributed by atoms with Gasteiger partial charge in [0, 0.05) is 10.9 Å². The molecule has 0 aliphatic heterocycles. The number of nitrogens with two attached hydrogens (primary N) is 1. The van der Waals surface area contributed by atoms with Gasteiger partial charge in [0.2, 0.25) is 0 Å². The molecule has 0 amide bonds. The molecule has 102 valence electrons. The maximum atomic E-state index is 6.33. The summed E-state index contributed by atoms with van der Waals surface area (Å²) in [6, 6.07) is 11.6. The van der Waals surface area contributed by atoms with Gasteiger partial charge in [-0.05, 0) is 17.5 Å². The Bertz CT molecular complexity index is 691. The number of hydrogen-bond acceptors (Lipinski definition) is 5. The summed E-state index contributed by atoms with van der Waals surface area (Å²) in [5.41, 5.74) is 8.28. The maximum Gasteiger partial charge on any atom is 0.124 e. The van der Waals surface area contributed by atoms with Crippen LogP contribution in [0.15, 0.2) is 47.2 Å². The van der Waals surface area contributed by atoms with Crippen molar-refractivity contribution in [2.75, 3.05) is 7.11 Å². The van der Waals surface area contributed by atoms with Crippen LogP contribution in [-0.4, -0.2) is 12.1 Å². The van der Waals surface area contributed by atoms with E-state index in [1.54, 1.807) is 29.8 Å². The summed E-state index contributed by atoms with van der Waals surface area (Å²) in [6.07, 6.45) is 0. The Morgan fingerprint density at radius 2 is 2.00 bits per heavy atom. The smallest absolute Gasteiger partial charge is 0.124 e. The van der Waals surface area contributed by atoms with E-state index >= 15 is 0 Å². The van der Waals surface area contributed by atoms with Gasteiger partial charge in [-0.15, -0.1) is 22.7 Å². The van der Waals surface area contributed by atoms with Gasteiger partial charge in [-0.25, -0.2) is 4.98 Å². The summed E-state index contributed by atoms with van der Waals surface area (Å²) in [7, 11) is 1.66. The number of ether oxygens (including phenoxy) is 1. The van der Waals surface area contributed by atoms with Gasteiger partial charge in [-0.3, -0.25) is 0 Å². The number of nitrogens with zero attached hydrogens (tertiary/aromatic N) is 1. The first-order valence-corrected chi connectivity index (χ1v) is 7.93. The lowest BCUT2D eigenvalue weighted by Crippen LogP contribution is -2.12. The highest BCUT2D eigenvalue weighted by Crippen LogP contribution is 2.33. The molecule has 3 aromatic rings. The van der Waals surface area contributed by atoms with Crippen LogP contribution < -0.4 is 10.5 Å². The summed E-state index contributed by atoms with van der Waals surface area (Å²) < 4.78 is 5.37. The number of para-hydroxylation sites is 1. The van der Waals surface area contributed by atoms with Crippen molar-refractivity contribution in [1.82, 2.24) is 4.98 Å². The number of hydrogen-bond donors (Lipinski definition) is 1. The number of methoxy groups -OCH3 is 1. The van der Waals surface area contributed by atoms with Crippen LogP contribution in [0.2, 0.25) is 0 Å². The van der Waals surface area contributed by atoms with E-state index in [1.807, 2.05) is 30.3 Å². The lowest BCUT2D eigenvalue weighted by atomic mass is 10.1. The fourth-order valence-electron chi connectivity index (χ4n) is 2.02. The topological polar surface area (TPSA) is 48.1 Å². The van der Waals surface area contributed by atoms with Crippen LogP contribution in [0.25, 0.3) is 10.6 Å². The molecule has 2 heterocycles. The molecule has 2 N–H and O–H groups in total. The van der Waals surface area contributed by atoms with E-state index in [0.717, 1.165) is 22.0 Å². The molecular weight excluding hydrogens is 288 g/mol. The van der Waals surface area contributed by atoms with Gasteiger partial charge in [0.05, 0.1) is 23.7 Å². The van der Waals surface area contributed by atoms with Gasteiger partial charge < -0.3 is 10.5 Å². The quantitative estimate of drug-likeness (QED) is 0.794. The second-order valence-electron chi connectivity index (χ2n) is 4.27. The lowest BCUT2D eigenvalue weighted by molar-refractivity contribution is 0.408. The minimum Gasteiger partial charge on any atom is -0.496 e. The van der Waals surface area contributed by atoms with Gasteiger partial charge in [0.25, 0.3) is 0 Å². The highest BCUT2D eigenvalue weighted by molar-refractivity contribution is 7.14. The van der Waals surface area contributed by atoms with Crippen molar-refractivity contribution in [3.05, 3.63) is 57.7 Å². The zero-order valence-corrected chi connectivity index (χ0v) is 12.6. The SMILES string of the molecule is COc1ccccc1C(N)c1nc(-c2cccs2)cs1. The molecule has 1 unspecified atom stereocenters. The Morgan fingerprint density at radius 1 is 1.15 bits per heavy atom. The molecule has 0 spiro atoms. The zero-order valence-electron chi connectivity index (χ0n) is 10.9. The fourth-order valence-corrected chi connectivity index (χ4v) is 3.62. The van der Waals surface area contributed by atoms with E-state index in [2.05, 4.69) is 21.8 Å².